The number of hydrogen-bond acceptors (Lipinski definition) is 4. The molecule has 0 radical (unpaired) electrons. The smallest absolute Gasteiger partial charge is 0.314 e. The normalized spacial score (nSPS) is 13.5. The van der Waals surface area contributed by atoms with Gasteiger partial charge in [0.25, 0.3) is 0 Å². The van der Waals surface area contributed by atoms with Gasteiger partial charge in [0.2, 0.25) is 10.0 Å². The molecule has 0 spiro atoms. The highest BCUT2D eigenvalue weighted by Crippen LogP contribution is 2.16. The molecule has 1 unspecified atom stereocenters. The zero-order chi connectivity index (χ0) is 17.9. The van der Waals surface area contributed by atoms with Crippen LogP contribution >= 0.6 is 0 Å². The summed E-state index contributed by atoms with van der Waals surface area (Å²) < 4.78 is 27.6. The number of sulfonamides is 1. The third kappa shape index (κ3) is 4.55. The first-order chi connectivity index (χ1) is 11.2. The fourth-order valence-electron chi connectivity index (χ4n) is 2.49. The third-order valence-electron chi connectivity index (χ3n) is 3.78. The van der Waals surface area contributed by atoms with Crippen molar-refractivity contribution in [2.75, 3.05) is 0 Å². The number of benzene rings is 1. The topological polar surface area (TPSA) is 112 Å². The zero-order valence-electron chi connectivity index (χ0n) is 14.0. The van der Waals surface area contributed by atoms with Crippen LogP contribution in [0.1, 0.15) is 40.0 Å². The van der Waals surface area contributed by atoms with Crippen molar-refractivity contribution in [2.24, 2.45) is 5.92 Å². The average Bonchev–Trinajstić information content (AvgIpc) is 2.47. The quantitative estimate of drug-likeness (QED) is 0.658. The van der Waals surface area contributed by atoms with Gasteiger partial charge in [0.15, 0.2) is 0 Å². The summed E-state index contributed by atoms with van der Waals surface area (Å²) in [5.41, 5.74) is -0.930. The fourth-order valence-corrected chi connectivity index (χ4v) is 3.79. The number of H-pyrrole nitrogens is 2. The SMILES string of the molecule is CC(C)CCCC(C)NS(=O)(=O)c1ccc2[nH]c(=O)c(=O)[nH]c2c1. The van der Waals surface area contributed by atoms with Gasteiger partial charge in [0.05, 0.1) is 15.9 Å². The van der Waals surface area contributed by atoms with E-state index in [9.17, 15) is 18.0 Å². The van der Waals surface area contributed by atoms with E-state index in [1.54, 1.807) is 0 Å². The van der Waals surface area contributed by atoms with Crippen LogP contribution in [-0.2, 0) is 10.0 Å². The van der Waals surface area contributed by atoms with Crippen molar-refractivity contribution in [3.8, 4) is 0 Å². The summed E-state index contributed by atoms with van der Waals surface area (Å²) in [6.45, 7) is 6.10. The molecule has 8 heteroatoms. The second kappa shape index (κ2) is 7.31. The molecule has 0 aliphatic heterocycles. The Labute approximate surface area is 140 Å². The minimum absolute atomic E-state index is 0.0495. The number of hydrogen-bond donors (Lipinski definition) is 3. The van der Waals surface area contributed by atoms with Crippen molar-refractivity contribution < 1.29 is 8.42 Å². The highest BCUT2D eigenvalue weighted by molar-refractivity contribution is 7.89. The molecule has 7 nitrogen and oxygen atoms in total. The number of fused-ring (bicyclic) bond motifs is 1. The molecule has 1 aromatic heterocycles. The lowest BCUT2D eigenvalue weighted by Gasteiger charge is -2.15. The lowest BCUT2D eigenvalue weighted by molar-refractivity contribution is 0.488. The van der Waals surface area contributed by atoms with Crippen molar-refractivity contribution in [3.63, 3.8) is 0 Å². The van der Waals surface area contributed by atoms with E-state index in [0.717, 1.165) is 19.3 Å². The molecule has 24 heavy (non-hydrogen) atoms. The van der Waals surface area contributed by atoms with E-state index in [-0.39, 0.29) is 16.5 Å². The third-order valence-corrected chi connectivity index (χ3v) is 5.37. The van der Waals surface area contributed by atoms with Gasteiger partial charge in [-0.05, 0) is 37.5 Å². The van der Waals surface area contributed by atoms with Crippen LogP contribution < -0.4 is 15.8 Å². The maximum atomic E-state index is 12.5. The van der Waals surface area contributed by atoms with Crippen LogP contribution in [0.15, 0.2) is 32.7 Å². The van der Waals surface area contributed by atoms with Crippen molar-refractivity contribution in [3.05, 3.63) is 38.9 Å². The van der Waals surface area contributed by atoms with Gasteiger partial charge in [0, 0.05) is 6.04 Å². The molecular weight excluding hydrogens is 330 g/mol. The van der Waals surface area contributed by atoms with Gasteiger partial charge < -0.3 is 9.97 Å². The molecule has 0 aliphatic carbocycles. The van der Waals surface area contributed by atoms with Gasteiger partial charge in [-0.2, -0.15) is 0 Å². The number of rotatable bonds is 7. The summed E-state index contributed by atoms with van der Waals surface area (Å²) in [6.07, 6.45) is 2.76. The fraction of sp³-hybridized carbons (Fsp3) is 0.500. The second-order valence-corrected chi connectivity index (χ2v) is 8.18. The van der Waals surface area contributed by atoms with E-state index >= 15 is 0 Å². The molecule has 1 aromatic carbocycles. The molecule has 0 fully saturated rings. The van der Waals surface area contributed by atoms with Crippen molar-refractivity contribution >= 4 is 21.1 Å². The molecule has 132 valence electrons. The predicted octanol–water partition coefficient (Wildman–Crippen LogP) is 1.71. The number of aromatic amines is 2. The average molecular weight is 353 g/mol. The molecule has 0 bridgehead atoms. The van der Waals surface area contributed by atoms with Crippen molar-refractivity contribution in [2.45, 2.75) is 51.0 Å². The molecule has 0 amide bonds. The van der Waals surface area contributed by atoms with Gasteiger partial charge in [0.1, 0.15) is 0 Å². The Hall–Kier alpha value is -1.93. The molecule has 2 rings (SSSR count). The van der Waals surface area contributed by atoms with Crippen LogP contribution in [0.2, 0.25) is 0 Å². The van der Waals surface area contributed by atoms with E-state index in [4.69, 9.17) is 0 Å². The molecule has 2 aromatic rings. The van der Waals surface area contributed by atoms with Gasteiger partial charge >= 0.3 is 11.1 Å². The van der Waals surface area contributed by atoms with Gasteiger partial charge in [-0.1, -0.05) is 26.7 Å². The Bertz CT molecular complexity index is 928. The summed E-state index contributed by atoms with van der Waals surface area (Å²) in [7, 11) is -3.69. The Balaban J connectivity index is 2.19. The predicted molar refractivity (Wildman–Crippen MR) is 93.7 cm³/mol. The monoisotopic (exact) mass is 353 g/mol. The zero-order valence-corrected chi connectivity index (χ0v) is 14.9. The maximum Gasteiger partial charge on any atom is 0.314 e. The Morgan fingerprint density at radius 1 is 1.00 bits per heavy atom. The summed E-state index contributed by atoms with van der Waals surface area (Å²) in [6, 6.07) is 4.03. The lowest BCUT2D eigenvalue weighted by atomic mass is 10.0. The minimum Gasteiger partial charge on any atom is -0.316 e. The minimum atomic E-state index is -3.69. The Kier molecular flexibility index (Phi) is 5.61. The van der Waals surface area contributed by atoms with Crippen LogP contribution in [-0.4, -0.2) is 24.4 Å². The van der Waals surface area contributed by atoms with Crippen LogP contribution in [0, 0.1) is 5.92 Å². The molecule has 1 atom stereocenters. The van der Waals surface area contributed by atoms with Gasteiger partial charge in [-0.15, -0.1) is 0 Å². The molecule has 0 aliphatic rings. The summed E-state index contributed by atoms with van der Waals surface area (Å²) >= 11 is 0. The molecule has 1 heterocycles. The van der Waals surface area contributed by atoms with Crippen molar-refractivity contribution in [1.29, 1.82) is 0 Å². The lowest BCUT2D eigenvalue weighted by Crippen LogP contribution is -2.33. The largest absolute Gasteiger partial charge is 0.316 e. The molecule has 3 N–H and O–H groups in total. The first kappa shape index (κ1) is 18.4. The Morgan fingerprint density at radius 3 is 2.25 bits per heavy atom. The van der Waals surface area contributed by atoms with Crippen LogP contribution in [0.5, 0.6) is 0 Å². The van der Waals surface area contributed by atoms with E-state index in [1.165, 1.54) is 18.2 Å². The first-order valence-electron chi connectivity index (χ1n) is 7.98. The molecular formula is C16H23N3O4S. The summed E-state index contributed by atoms with van der Waals surface area (Å²) in [4.78, 5) is 27.5. The maximum absolute atomic E-state index is 12.5. The van der Waals surface area contributed by atoms with E-state index in [1.807, 2.05) is 6.92 Å². The van der Waals surface area contributed by atoms with Crippen LogP contribution in [0.25, 0.3) is 11.0 Å². The first-order valence-corrected chi connectivity index (χ1v) is 9.46. The number of nitrogens with one attached hydrogen (secondary N) is 3. The van der Waals surface area contributed by atoms with E-state index in [2.05, 4.69) is 28.5 Å². The van der Waals surface area contributed by atoms with E-state index in [0.29, 0.717) is 11.4 Å². The summed E-state index contributed by atoms with van der Waals surface area (Å²) in [5.74, 6) is 0.591. The Morgan fingerprint density at radius 2 is 1.62 bits per heavy atom. The van der Waals surface area contributed by atoms with Gasteiger partial charge in [-0.3, -0.25) is 9.59 Å². The standard InChI is InChI=1S/C16H23N3O4S/c1-10(2)5-4-6-11(3)19-24(22,23)12-7-8-13-14(9-12)18-16(21)15(20)17-13/h7-11,19H,4-6H2,1-3H3,(H,17,20)(H,18,21). The van der Waals surface area contributed by atoms with Crippen LogP contribution in [0.4, 0.5) is 0 Å². The van der Waals surface area contributed by atoms with Gasteiger partial charge in [-0.25, -0.2) is 13.1 Å². The van der Waals surface area contributed by atoms with E-state index < -0.39 is 21.1 Å². The highest BCUT2D eigenvalue weighted by atomic mass is 32.2. The molecule has 0 saturated heterocycles. The van der Waals surface area contributed by atoms with Crippen molar-refractivity contribution in [1.82, 2.24) is 14.7 Å². The summed E-state index contributed by atoms with van der Waals surface area (Å²) in [5, 5.41) is 0. The highest BCUT2D eigenvalue weighted by Gasteiger charge is 2.18. The number of aromatic nitrogens is 2. The second-order valence-electron chi connectivity index (χ2n) is 6.46. The molecule has 0 saturated carbocycles. The van der Waals surface area contributed by atoms with Crippen LogP contribution in [0.3, 0.4) is 0 Å².